The molecule has 3 heterocycles. The molecule has 0 aliphatic carbocycles. The summed E-state index contributed by atoms with van der Waals surface area (Å²) in [4.78, 5) is 13.4. The van der Waals surface area contributed by atoms with Crippen molar-refractivity contribution in [3.05, 3.63) is 92.9 Å². The minimum absolute atomic E-state index is 0.142. The van der Waals surface area contributed by atoms with E-state index in [1.54, 1.807) is 0 Å². The zero-order valence-corrected chi connectivity index (χ0v) is 17.9. The van der Waals surface area contributed by atoms with Crippen LogP contribution in [0.5, 0.6) is 5.75 Å². The molecular weight excluding hydrogens is 466 g/mol. The quantitative estimate of drug-likeness (QED) is 0.504. The second-order valence-electron chi connectivity index (χ2n) is 7.52. The molecule has 3 aliphatic heterocycles. The van der Waals surface area contributed by atoms with E-state index in [4.69, 9.17) is 21.4 Å². The van der Waals surface area contributed by atoms with Gasteiger partial charge in [0.25, 0.3) is 5.91 Å². The van der Waals surface area contributed by atoms with Crippen LogP contribution in [0.3, 0.4) is 0 Å². The Hall–Kier alpha value is -2.83. The van der Waals surface area contributed by atoms with Crippen LogP contribution in [0.25, 0.3) is 0 Å². The Kier molecular flexibility index (Phi) is 3.80. The number of ether oxygens (including phenoxy) is 1. The first-order valence-corrected chi connectivity index (χ1v) is 10.8. The summed E-state index contributed by atoms with van der Waals surface area (Å²) in [6, 6.07) is 21.0. The summed E-state index contributed by atoms with van der Waals surface area (Å²) in [6.07, 6.45) is 0.627. The molecule has 5 nitrogen and oxygen atoms in total. The summed E-state index contributed by atoms with van der Waals surface area (Å²) in [5.41, 5.74) is 2.80. The van der Waals surface area contributed by atoms with E-state index in [9.17, 15) is 4.79 Å². The van der Waals surface area contributed by atoms with E-state index in [2.05, 4.69) is 21.2 Å². The minimum Gasteiger partial charge on any atom is -0.453 e. The smallest absolute Gasteiger partial charge is 0.306 e. The fourth-order valence-corrected chi connectivity index (χ4v) is 5.13. The fraction of sp³-hybridized carbons (Fsp3) is 0.130. The zero-order valence-electron chi connectivity index (χ0n) is 15.6. The molecule has 0 saturated heterocycles. The van der Waals surface area contributed by atoms with Gasteiger partial charge in [-0.1, -0.05) is 63.9 Å². The van der Waals surface area contributed by atoms with E-state index in [0.29, 0.717) is 17.2 Å². The van der Waals surface area contributed by atoms with Crippen molar-refractivity contribution in [1.29, 1.82) is 0 Å². The number of fused-ring (bicyclic) bond motifs is 6. The van der Waals surface area contributed by atoms with Gasteiger partial charge in [0.1, 0.15) is 5.75 Å². The fourth-order valence-electron chi connectivity index (χ4n) is 4.52. The third-order valence-electron chi connectivity index (χ3n) is 5.86. The number of hydrogen-bond acceptors (Lipinski definition) is 4. The summed E-state index contributed by atoms with van der Waals surface area (Å²) < 4.78 is 7.32. The van der Waals surface area contributed by atoms with Crippen molar-refractivity contribution in [2.45, 2.75) is 18.2 Å². The molecule has 0 saturated carbocycles. The number of hydrogen-bond donors (Lipinski definition) is 1. The Morgan fingerprint density at radius 2 is 1.93 bits per heavy atom. The van der Waals surface area contributed by atoms with E-state index in [1.807, 2.05) is 71.7 Å². The molecule has 3 aromatic carbocycles. The van der Waals surface area contributed by atoms with E-state index < -0.39 is 5.72 Å². The molecule has 1 N–H and O–H groups in total. The van der Waals surface area contributed by atoms with Crippen LogP contribution < -0.4 is 10.1 Å². The van der Waals surface area contributed by atoms with Gasteiger partial charge in [0.15, 0.2) is 0 Å². The highest BCUT2D eigenvalue weighted by atomic mass is 79.9. The maximum Gasteiger partial charge on any atom is 0.306 e. The summed E-state index contributed by atoms with van der Waals surface area (Å²) in [5.74, 6) is 0.441. The molecule has 0 radical (unpaired) electrons. The van der Waals surface area contributed by atoms with Gasteiger partial charge in [0.05, 0.1) is 23.0 Å². The van der Waals surface area contributed by atoms with Crippen LogP contribution >= 0.6 is 27.5 Å². The van der Waals surface area contributed by atoms with Crippen LogP contribution in [0.15, 0.2) is 76.3 Å². The summed E-state index contributed by atoms with van der Waals surface area (Å²) in [7, 11) is 0. The van der Waals surface area contributed by atoms with E-state index in [-0.39, 0.29) is 11.9 Å². The minimum atomic E-state index is -1.37. The van der Waals surface area contributed by atoms with Crippen molar-refractivity contribution in [3.8, 4) is 5.75 Å². The summed E-state index contributed by atoms with van der Waals surface area (Å²) in [6.45, 7) is 0. The summed E-state index contributed by atoms with van der Waals surface area (Å²) in [5, 5.41) is 10.3. The Morgan fingerprint density at radius 3 is 2.80 bits per heavy atom. The molecule has 6 rings (SSSR count). The Bertz CT molecular complexity index is 1260. The molecule has 148 valence electrons. The number of halogens is 2. The lowest BCUT2D eigenvalue weighted by molar-refractivity contribution is -0.161. The molecule has 0 fully saturated rings. The normalized spacial score (nSPS) is 23.4. The van der Waals surface area contributed by atoms with E-state index in [1.165, 1.54) is 0 Å². The van der Waals surface area contributed by atoms with Crippen LogP contribution in [0.2, 0.25) is 5.02 Å². The largest absolute Gasteiger partial charge is 0.453 e. The second-order valence-corrected chi connectivity index (χ2v) is 8.84. The molecule has 30 heavy (non-hydrogen) atoms. The standard InChI is InChI=1S/C23H15BrClN3O2/c24-13-9-10-18-16(11-13)23(22(29)26-18)28-20(15-6-2-4-8-21(15)30-23)12-19(27-28)14-5-1-3-7-17(14)25/h1-11,20H,12H2,(H,26,29)/t20-,23+/m0/s1. The van der Waals surface area contributed by atoms with Crippen molar-refractivity contribution in [3.63, 3.8) is 0 Å². The van der Waals surface area contributed by atoms with Crippen molar-refractivity contribution < 1.29 is 9.53 Å². The van der Waals surface area contributed by atoms with Crippen LogP contribution in [0, 0.1) is 0 Å². The number of carbonyl (C=O) groups excluding carboxylic acids is 1. The number of amides is 1. The lowest BCUT2D eigenvalue weighted by Crippen LogP contribution is -2.55. The monoisotopic (exact) mass is 479 g/mol. The third-order valence-corrected chi connectivity index (χ3v) is 6.68. The first-order valence-electron chi connectivity index (χ1n) is 9.59. The number of hydrazone groups is 1. The van der Waals surface area contributed by atoms with Crippen molar-refractivity contribution in [1.82, 2.24) is 5.01 Å². The highest BCUT2D eigenvalue weighted by molar-refractivity contribution is 9.10. The number of nitrogens with one attached hydrogen (secondary N) is 1. The maximum absolute atomic E-state index is 13.4. The third kappa shape index (κ3) is 2.35. The highest BCUT2D eigenvalue weighted by Gasteiger charge is 2.60. The van der Waals surface area contributed by atoms with Crippen LogP contribution in [-0.2, 0) is 10.5 Å². The summed E-state index contributed by atoms with van der Waals surface area (Å²) >= 11 is 10.00. The number of carbonyl (C=O) groups is 1. The lowest BCUT2D eigenvalue weighted by atomic mass is 9.92. The Morgan fingerprint density at radius 1 is 1.13 bits per heavy atom. The number of nitrogens with zero attached hydrogens (tertiary/aromatic N) is 2. The average molecular weight is 481 g/mol. The molecule has 3 aromatic rings. The Balaban J connectivity index is 1.60. The molecule has 0 aromatic heterocycles. The van der Waals surface area contributed by atoms with Gasteiger partial charge in [-0.2, -0.15) is 5.10 Å². The lowest BCUT2D eigenvalue weighted by Gasteiger charge is -2.44. The van der Waals surface area contributed by atoms with Gasteiger partial charge >= 0.3 is 5.72 Å². The van der Waals surface area contributed by atoms with Gasteiger partial charge in [-0.05, 0) is 30.3 Å². The van der Waals surface area contributed by atoms with E-state index >= 15 is 0 Å². The van der Waals surface area contributed by atoms with Crippen molar-refractivity contribution in [2.75, 3.05) is 5.32 Å². The molecule has 1 amide bonds. The van der Waals surface area contributed by atoms with Crippen LogP contribution in [0.1, 0.15) is 29.2 Å². The molecule has 1 spiro atoms. The van der Waals surface area contributed by atoms with Gasteiger partial charge < -0.3 is 10.1 Å². The van der Waals surface area contributed by atoms with Crippen LogP contribution in [-0.4, -0.2) is 16.6 Å². The Labute approximate surface area is 186 Å². The van der Waals surface area contributed by atoms with E-state index in [0.717, 1.165) is 32.6 Å². The molecule has 2 atom stereocenters. The average Bonchev–Trinajstić information content (AvgIpc) is 3.30. The number of benzene rings is 3. The van der Waals surface area contributed by atoms with Crippen LogP contribution in [0.4, 0.5) is 5.69 Å². The van der Waals surface area contributed by atoms with Gasteiger partial charge in [-0.15, -0.1) is 0 Å². The van der Waals surface area contributed by atoms with Crippen molar-refractivity contribution in [2.24, 2.45) is 5.10 Å². The number of para-hydroxylation sites is 1. The van der Waals surface area contributed by atoms with Gasteiger partial charge in [-0.25, -0.2) is 5.01 Å². The SMILES string of the molecule is O=C1Nc2ccc(Br)cc2[C@@]12Oc1ccccc1[C@@H]1CC(c3ccccc3Cl)=NN12. The first kappa shape index (κ1) is 18.0. The first-order chi connectivity index (χ1) is 14.6. The molecular formula is C23H15BrClN3O2. The molecule has 0 bridgehead atoms. The molecule has 0 unspecified atom stereocenters. The second kappa shape index (κ2) is 6.33. The van der Waals surface area contributed by atoms with Gasteiger partial charge in [0.2, 0.25) is 0 Å². The predicted molar refractivity (Wildman–Crippen MR) is 119 cm³/mol. The zero-order chi connectivity index (χ0) is 20.5. The molecule has 7 heteroatoms. The van der Waals surface area contributed by atoms with Crippen molar-refractivity contribution >= 4 is 44.8 Å². The maximum atomic E-state index is 13.4. The number of rotatable bonds is 1. The van der Waals surface area contributed by atoms with Gasteiger partial charge in [0, 0.05) is 27.0 Å². The topological polar surface area (TPSA) is 53.9 Å². The predicted octanol–water partition coefficient (Wildman–Crippen LogP) is 5.45. The van der Waals surface area contributed by atoms with Gasteiger partial charge in [-0.3, -0.25) is 4.79 Å². The molecule has 3 aliphatic rings. The number of anilines is 1. The highest BCUT2D eigenvalue weighted by Crippen LogP contribution is 2.54.